The van der Waals surface area contributed by atoms with Crippen molar-refractivity contribution in [2.24, 2.45) is 5.73 Å². The summed E-state index contributed by atoms with van der Waals surface area (Å²) >= 11 is 6.67. The molecule has 0 saturated carbocycles. The Morgan fingerprint density at radius 2 is 2.11 bits per heavy atom. The van der Waals surface area contributed by atoms with Crippen LogP contribution < -0.4 is 11.2 Å². The van der Waals surface area contributed by atoms with Gasteiger partial charge in [0.1, 0.15) is 0 Å². The van der Waals surface area contributed by atoms with Gasteiger partial charge < -0.3 is 15.3 Å². The molecule has 1 atom stereocenters. The molecule has 0 radical (unpaired) electrons. The minimum Gasteiger partial charge on any atom is -0.463 e. The highest BCUT2D eigenvalue weighted by atomic mass is 79.9. The van der Waals surface area contributed by atoms with Crippen LogP contribution >= 0.6 is 31.9 Å². The van der Waals surface area contributed by atoms with Crippen LogP contribution in [0.2, 0.25) is 0 Å². The molecule has 0 saturated heterocycles. The number of nitrogens with two attached hydrogens (primary N) is 1. The number of halogens is 2. The fraction of sp³-hybridized carbons (Fsp3) is 0.250. The van der Waals surface area contributed by atoms with E-state index in [0.717, 1.165) is 4.47 Å². The molecule has 1 aromatic carbocycles. The smallest absolute Gasteiger partial charge is 0.195 e. The third-order valence-corrected chi connectivity index (χ3v) is 3.63. The maximum absolute atomic E-state index is 12.2. The second kappa shape index (κ2) is 5.52. The van der Waals surface area contributed by atoms with E-state index in [1.807, 2.05) is 6.07 Å². The average molecular weight is 377 g/mol. The molecular weight excluding hydrogens is 366 g/mol. The van der Waals surface area contributed by atoms with Crippen LogP contribution in [0.25, 0.3) is 11.0 Å². The molecule has 2 rings (SSSR count). The maximum atomic E-state index is 12.2. The second-order valence-corrected chi connectivity index (χ2v) is 5.77. The normalized spacial score (nSPS) is 12.9. The summed E-state index contributed by atoms with van der Waals surface area (Å²) in [6.07, 6.45) is 1.69. The lowest BCUT2D eigenvalue weighted by Crippen LogP contribution is -2.29. The van der Waals surface area contributed by atoms with Crippen LogP contribution in [-0.2, 0) is 6.42 Å². The highest BCUT2D eigenvalue weighted by molar-refractivity contribution is 9.11. The summed E-state index contributed by atoms with van der Waals surface area (Å²) in [6, 6.07) is 3.06. The molecule has 3 N–H and O–H groups in total. The van der Waals surface area contributed by atoms with Crippen molar-refractivity contribution in [3.8, 4) is 0 Å². The van der Waals surface area contributed by atoms with E-state index >= 15 is 0 Å². The first-order valence-corrected chi connectivity index (χ1v) is 6.87. The molecule has 0 bridgehead atoms. The fourth-order valence-corrected chi connectivity index (χ4v) is 3.01. The van der Waals surface area contributed by atoms with Gasteiger partial charge in [-0.2, -0.15) is 0 Å². The molecule has 0 amide bonds. The van der Waals surface area contributed by atoms with Crippen molar-refractivity contribution in [3.05, 3.63) is 43.1 Å². The molecule has 1 heterocycles. The lowest BCUT2D eigenvalue weighted by molar-refractivity contribution is 0.265. The Balaban J connectivity index is 2.60. The Hall–Kier alpha value is -0.690. The van der Waals surface area contributed by atoms with Crippen molar-refractivity contribution in [2.75, 3.05) is 6.61 Å². The van der Waals surface area contributed by atoms with Crippen LogP contribution in [0.4, 0.5) is 0 Å². The number of benzene rings is 1. The minimum absolute atomic E-state index is 0.123. The summed E-state index contributed by atoms with van der Waals surface area (Å²) in [5, 5.41) is 9.40. The van der Waals surface area contributed by atoms with Gasteiger partial charge in [0, 0.05) is 16.1 Å². The first kappa shape index (κ1) is 13.7. The summed E-state index contributed by atoms with van der Waals surface area (Å²) in [5.41, 5.74) is 6.48. The summed E-state index contributed by atoms with van der Waals surface area (Å²) in [5.74, 6) is 0. The Kier molecular flexibility index (Phi) is 4.21. The van der Waals surface area contributed by atoms with Crippen molar-refractivity contribution in [1.82, 2.24) is 0 Å². The minimum atomic E-state index is -0.457. The van der Waals surface area contributed by atoms with Gasteiger partial charge in [0.05, 0.1) is 22.7 Å². The molecule has 0 aliphatic heterocycles. The van der Waals surface area contributed by atoms with Gasteiger partial charge in [-0.15, -0.1) is 0 Å². The summed E-state index contributed by atoms with van der Waals surface area (Å²) in [7, 11) is 0. The van der Waals surface area contributed by atoms with Crippen molar-refractivity contribution < 1.29 is 9.52 Å². The topological polar surface area (TPSA) is 76.5 Å². The van der Waals surface area contributed by atoms with Crippen molar-refractivity contribution in [3.63, 3.8) is 0 Å². The van der Waals surface area contributed by atoms with Crippen LogP contribution in [0.3, 0.4) is 0 Å². The Morgan fingerprint density at radius 1 is 1.39 bits per heavy atom. The quantitative estimate of drug-likeness (QED) is 0.860. The highest BCUT2D eigenvalue weighted by Crippen LogP contribution is 2.27. The van der Waals surface area contributed by atoms with Crippen LogP contribution in [0.15, 0.2) is 36.6 Å². The van der Waals surface area contributed by atoms with Gasteiger partial charge in [0.2, 0.25) is 0 Å². The summed E-state index contributed by atoms with van der Waals surface area (Å²) in [4.78, 5) is 12.2. The SMILES string of the molecule is NC(CO)Cc1coc2c(Br)cc(Br)cc2c1=O. The molecule has 0 aliphatic carbocycles. The standard InChI is InChI=1S/C12H11Br2NO3/c13-7-2-9-11(17)6(1-8(15)4-16)5-18-12(9)10(14)3-7/h2-3,5,8,16H,1,4,15H2. The van der Waals surface area contributed by atoms with Gasteiger partial charge >= 0.3 is 0 Å². The number of aliphatic hydroxyl groups excluding tert-OH is 1. The van der Waals surface area contributed by atoms with Gasteiger partial charge in [0.15, 0.2) is 11.0 Å². The lowest BCUT2D eigenvalue weighted by atomic mass is 10.1. The van der Waals surface area contributed by atoms with Crippen LogP contribution in [-0.4, -0.2) is 17.8 Å². The first-order chi connectivity index (χ1) is 8.52. The zero-order chi connectivity index (χ0) is 13.3. The van der Waals surface area contributed by atoms with E-state index in [1.165, 1.54) is 6.26 Å². The molecule has 6 heteroatoms. The van der Waals surface area contributed by atoms with E-state index in [0.29, 0.717) is 27.4 Å². The third kappa shape index (κ3) is 2.66. The van der Waals surface area contributed by atoms with Crippen molar-refractivity contribution >= 4 is 42.8 Å². The Labute approximate surface area is 120 Å². The Bertz CT molecular complexity index is 639. The Morgan fingerprint density at radius 3 is 2.78 bits per heavy atom. The monoisotopic (exact) mass is 375 g/mol. The highest BCUT2D eigenvalue weighted by Gasteiger charge is 2.12. The summed E-state index contributed by atoms with van der Waals surface area (Å²) in [6.45, 7) is -0.167. The molecular formula is C12H11Br2NO3. The number of rotatable bonds is 3. The van der Waals surface area contributed by atoms with Gasteiger partial charge in [-0.3, -0.25) is 4.79 Å². The lowest BCUT2D eigenvalue weighted by Gasteiger charge is -2.08. The van der Waals surface area contributed by atoms with Gasteiger partial charge in [-0.05, 0) is 34.5 Å². The van der Waals surface area contributed by atoms with E-state index in [1.54, 1.807) is 6.07 Å². The van der Waals surface area contributed by atoms with Crippen LogP contribution in [0.1, 0.15) is 5.56 Å². The zero-order valence-corrected chi connectivity index (χ0v) is 12.5. The van der Waals surface area contributed by atoms with Crippen molar-refractivity contribution in [1.29, 1.82) is 0 Å². The first-order valence-electron chi connectivity index (χ1n) is 5.28. The van der Waals surface area contributed by atoms with Gasteiger partial charge in [0.25, 0.3) is 0 Å². The van der Waals surface area contributed by atoms with E-state index in [4.69, 9.17) is 15.3 Å². The molecule has 4 nitrogen and oxygen atoms in total. The molecule has 18 heavy (non-hydrogen) atoms. The van der Waals surface area contributed by atoms with Gasteiger partial charge in [-0.1, -0.05) is 15.9 Å². The summed E-state index contributed by atoms with van der Waals surface area (Å²) < 4.78 is 6.95. The number of aliphatic hydroxyl groups is 1. The number of hydrogen-bond donors (Lipinski definition) is 2. The predicted octanol–water partition coefficient (Wildman–Crippen LogP) is 2.18. The molecule has 1 aromatic heterocycles. The molecule has 0 spiro atoms. The number of fused-ring (bicyclic) bond motifs is 1. The van der Waals surface area contributed by atoms with E-state index in [9.17, 15) is 4.79 Å². The second-order valence-electron chi connectivity index (χ2n) is 4.00. The van der Waals surface area contributed by atoms with E-state index < -0.39 is 6.04 Å². The van der Waals surface area contributed by atoms with E-state index in [-0.39, 0.29) is 12.0 Å². The van der Waals surface area contributed by atoms with E-state index in [2.05, 4.69) is 31.9 Å². The fourth-order valence-electron chi connectivity index (χ4n) is 1.69. The largest absolute Gasteiger partial charge is 0.463 e. The molecule has 96 valence electrons. The van der Waals surface area contributed by atoms with Gasteiger partial charge in [-0.25, -0.2) is 0 Å². The molecule has 0 aliphatic rings. The van der Waals surface area contributed by atoms with Crippen LogP contribution in [0.5, 0.6) is 0 Å². The predicted molar refractivity (Wildman–Crippen MR) is 76.6 cm³/mol. The number of hydrogen-bond acceptors (Lipinski definition) is 4. The molecule has 1 unspecified atom stereocenters. The third-order valence-electron chi connectivity index (χ3n) is 2.58. The zero-order valence-electron chi connectivity index (χ0n) is 9.32. The van der Waals surface area contributed by atoms with Crippen molar-refractivity contribution in [2.45, 2.75) is 12.5 Å². The molecule has 0 fully saturated rings. The van der Waals surface area contributed by atoms with Crippen LogP contribution in [0, 0.1) is 0 Å². The maximum Gasteiger partial charge on any atom is 0.195 e. The average Bonchev–Trinajstić information content (AvgIpc) is 2.33. The molecule has 2 aromatic rings.